The van der Waals surface area contributed by atoms with Crippen LogP contribution < -0.4 is 11.1 Å². The van der Waals surface area contributed by atoms with Crippen LogP contribution in [-0.4, -0.2) is 28.5 Å². The van der Waals surface area contributed by atoms with Gasteiger partial charge in [-0.3, -0.25) is 4.79 Å². The molecule has 0 fully saturated rings. The molecule has 1 aromatic heterocycles. The van der Waals surface area contributed by atoms with Gasteiger partial charge in [-0.15, -0.1) is 11.3 Å². The lowest BCUT2D eigenvalue weighted by atomic mass is 10.0. The van der Waals surface area contributed by atoms with Gasteiger partial charge in [-0.2, -0.15) is 0 Å². The third-order valence-corrected chi connectivity index (χ3v) is 3.58. The van der Waals surface area contributed by atoms with Gasteiger partial charge in [-0.1, -0.05) is 6.92 Å². The van der Waals surface area contributed by atoms with E-state index in [9.17, 15) is 9.59 Å². The molecule has 1 rings (SSSR count). The molecular formula is C12H19N3O3S. The average Bonchev–Trinajstić information content (AvgIpc) is 2.83. The van der Waals surface area contributed by atoms with E-state index in [0.717, 1.165) is 12.8 Å². The number of rotatable bonds is 8. The van der Waals surface area contributed by atoms with Crippen molar-refractivity contribution in [2.75, 3.05) is 6.54 Å². The zero-order valence-corrected chi connectivity index (χ0v) is 11.7. The Morgan fingerprint density at radius 3 is 2.84 bits per heavy atom. The molecule has 106 valence electrons. The van der Waals surface area contributed by atoms with E-state index in [-0.39, 0.29) is 18.1 Å². The molecule has 0 aliphatic carbocycles. The molecule has 0 aliphatic rings. The highest BCUT2D eigenvalue weighted by Crippen LogP contribution is 2.11. The van der Waals surface area contributed by atoms with E-state index >= 15 is 0 Å². The monoisotopic (exact) mass is 285 g/mol. The summed E-state index contributed by atoms with van der Waals surface area (Å²) in [5, 5.41) is 13.5. The number of amides is 1. The number of carboxylic acids is 1. The van der Waals surface area contributed by atoms with E-state index in [1.54, 1.807) is 0 Å². The molecule has 4 N–H and O–H groups in total. The van der Waals surface area contributed by atoms with Crippen LogP contribution in [0.3, 0.4) is 0 Å². The number of carbonyl (C=O) groups is 2. The van der Waals surface area contributed by atoms with E-state index in [1.807, 2.05) is 0 Å². The molecule has 1 amide bonds. The van der Waals surface area contributed by atoms with Crippen molar-refractivity contribution in [1.29, 1.82) is 0 Å². The van der Waals surface area contributed by atoms with E-state index in [1.165, 1.54) is 16.7 Å². The van der Waals surface area contributed by atoms with E-state index in [0.29, 0.717) is 23.9 Å². The Bertz CT molecular complexity index is 434. The SMILES string of the molecule is CC(CCN)CCC(=O)NCc1nc(C(=O)O)cs1. The van der Waals surface area contributed by atoms with Crippen LogP contribution in [0.2, 0.25) is 0 Å². The minimum absolute atomic E-state index is 0.0193. The van der Waals surface area contributed by atoms with Gasteiger partial charge in [0.15, 0.2) is 5.69 Å². The molecule has 1 unspecified atom stereocenters. The molecule has 0 aliphatic heterocycles. The first-order chi connectivity index (χ1) is 9.02. The number of carbonyl (C=O) groups excluding carboxylic acids is 1. The van der Waals surface area contributed by atoms with Crippen LogP contribution in [0.5, 0.6) is 0 Å². The van der Waals surface area contributed by atoms with Gasteiger partial charge in [-0.25, -0.2) is 9.78 Å². The van der Waals surface area contributed by atoms with Crippen LogP contribution >= 0.6 is 11.3 Å². The molecule has 0 aromatic carbocycles. The fourth-order valence-electron chi connectivity index (χ4n) is 1.56. The van der Waals surface area contributed by atoms with E-state index in [4.69, 9.17) is 10.8 Å². The molecule has 7 heteroatoms. The maximum absolute atomic E-state index is 11.6. The first-order valence-electron chi connectivity index (χ1n) is 6.17. The summed E-state index contributed by atoms with van der Waals surface area (Å²) >= 11 is 1.23. The Balaban J connectivity index is 2.27. The maximum atomic E-state index is 11.6. The van der Waals surface area contributed by atoms with Crippen molar-refractivity contribution < 1.29 is 14.7 Å². The number of hydrogen-bond acceptors (Lipinski definition) is 5. The summed E-state index contributed by atoms with van der Waals surface area (Å²) in [6, 6.07) is 0. The Hall–Kier alpha value is -1.47. The number of nitrogens with zero attached hydrogens (tertiary/aromatic N) is 1. The standard InChI is InChI=1S/C12H19N3O3S/c1-8(4-5-13)2-3-10(16)14-6-11-15-9(7-19-11)12(17)18/h7-8H,2-6,13H2,1H3,(H,14,16)(H,17,18). The van der Waals surface area contributed by atoms with Crippen molar-refractivity contribution in [3.05, 3.63) is 16.1 Å². The first kappa shape index (κ1) is 15.6. The average molecular weight is 285 g/mol. The number of carboxylic acid groups (broad SMARTS) is 1. The zero-order valence-electron chi connectivity index (χ0n) is 10.9. The Labute approximate surface area is 116 Å². The molecule has 0 bridgehead atoms. The van der Waals surface area contributed by atoms with Gasteiger partial charge in [0, 0.05) is 11.8 Å². The zero-order chi connectivity index (χ0) is 14.3. The molecule has 6 nitrogen and oxygen atoms in total. The number of hydrogen-bond donors (Lipinski definition) is 3. The predicted molar refractivity (Wildman–Crippen MR) is 73.0 cm³/mol. The summed E-state index contributed by atoms with van der Waals surface area (Å²) in [6.45, 7) is 2.99. The van der Waals surface area contributed by atoms with Gasteiger partial charge >= 0.3 is 5.97 Å². The normalized spacial score (nSPS) is 12.1. The highest BCUT2D eigenvalue weighted by molar-refractivity contribution is 7.09. The largest absolute Gasteiger partial charge is 0.476 e. The van der Waals surface area contributed by atoms with Gasteiger partial charge in [-0.05, 0) is 25.3 Å². The number of nitrogens with one attached hydrogen (secondary N) is 1. The van der Waals surface area contributed by atoms with E-state index < -0.39 is 5.97 Å². The number of aromatic nitrogens is 1. The maximum Gasteiger partial charge on any atom is 0.355 e. The number of aromatic carboxylic acids is 1. The second kappa shape index (κ2) is 7.85. The lowest BCUT2D eigenvalue weighted by Gasteiger charge is -2.09. The van der Waals surface area contributed by atoms with Crippen molar-refractivity contribution >= 4 is 23.2 Å². The Morgan fingerprint density at radius 1 is 1.53 bits per heavy atom. The summed E-state index contributed by atoms with van der Waals surface area (Å²) < 4.78 is 0. The summed E-state index contributed by atoms with van der Waals surface area (Å²) in [6.07, 6.45) is 2.18. The molecule has 0 saturated heterocycles. The second-order valence-corrected chi connectivity index (χ2v) is 5.37. The highest BCUT2D eigenvalue weighted by atomic mass is 32.1. The summed E-state index contributed by atoms with van der Waals surface area (Å²) in [7, 11) is 0. The van der Waals surface area contributed by atoms with Gasteiger partial charge in [0.2, 0.25) is 5.91 Å². The van der Waals surface area contributed by atoms with Crippen molar-refractivity contribution in [1.82, 2.24) is 10.3 Å². The van der Waals surface area contributed by atoms with Gasteiger partial charge in [0.25, 0.3) is 0 Å². The van der Waals surface area contributed by atoms with Crippen molar-refractivity contribution in [3.8, 4) is 0 Å². The lowest BCUT2D eigenvalue weighted by Crippen LogP contribution is -2.23. The van der Waals surface area contributed by atoms with Crippen molar-refractivity contribution in [2.45, 2.75) is 32.7 Å². The fraction of sp³-hybridized carbons (Fsp3) is 0.583. The fourth-order valence-corrected chi connectivity index (χ4v) is 2.27. The Morgan fingerprint density at radius 2 is 2.26 bits per heavy atom. The van der Waals surface area contributed by atoms with E-state index in [2.05, 4.69) is 17.2 Å². The van der Waals surface area contributed by atoms with Crippen LogP contribution in [0.4, 0.5) is 0 Å². The third-order valence-electron chi connectivity index (χ3n) is 2.73. The van der Waals surface area contributed by atoms with Crippen LogP contribution in [0.25, 0.3) is 0 Å². The van der Waals surface area contributed by atoms with Gasteiger partial charge in [0.1, 0.15) is 5.01 Å². The van der Waals surface area contributed by atoms with Gasteiger partial charge < -0.3 is 16.2 Å². The molecule has 1 heterocycles. The third kappa shape index (κ3) is 5.80. The summed E-state index contributed by atoms with van der Waals surface area (Å²) in [5.41, 5.74) is 5.46. The van der Waals surface area contributed by atoms with Crippen molar-refractivity contribution in [2.24, 2.45) is 11.7 Å². The minimum atomic E-state index is -1.05. The van der Waals surface area contributed by atoms with Gasteiger partial charge in [0.05, 0.1) is 6.54 Å². The molecule has 0 spiro atoms. The minimum Gasteiger partial charge on any atom is -0.476 e. The van der Waals surface area contributed by atoms with Crippen LogP contribution in [-0.2, 0) is 11.3 Å². The summed E-state index contributed by atoms with van der Waals surface area (Å²) in [5.74, 6) is -0.658. The number of thiazole rings is 1. The second-order valence-electron chi connectivity index (χ2n) is 4.43. The first-order valence-corrected chi connectivity index (χ1v) is 7.05. The summed E-state index contributed by atoms with van der Waals surface area (Å²) in [4.78, 5) is 26.1. The smallest absolute Gasteiger partial charge is 0.355 e. The van der Waals surface area contributed by atoms with Crippen LogP contribution in [0.15, 0.2) is 5.38 Å². The molecule has 1 atom stereocenters. The molecular weight excluding hydrogens is 266 g/mol. The Kier molecular flexibility index (Phi) is 6.44. The van der Waals surface area contributed by atoms with Crippen LogP contribution in [0.1, 0.15) is 41.7 Å². The van der Waals surface area contributed by atoms with Crippen LogP contribution in [0, 0.1) is 5.92 Å². The molecule has 1 aromatic rings. The van der Waals surface area contributed by atoms with Crippen molar-refractivity contribution in [3.63, 3.8) is 0 Å². The predicted octanol–water partition coefficient (Wildman–Crippen LogP) is 1.22. The molecule has 0 saturated carbocycles. The molecule has 0 radical (unpaired) electrons. The molecule has 19 heavy (non-hydrogen) atoms. The quantitative estimate of drug-likeness (QED) is 0.666. The number of nitrogens with two attached hydrogens (primary N) is 1. The topological polar surface area (TPSA) is 105 Å². The lowest BCUT2D eigenvalue weighted by molar-refractivity contribution is -0.121. The highest BCUT2D eigenvalue weighted by Gasteiger charge is 2.10.